The van der Waals surface area contributed by atoms with Gasteiger partial charge in [0, 0.05) is 5.56 Å². The number of carbonyl (C=O) groups is 1. The van der Waals surface area contributed by atoms with Crippen LogP contribution in [-0.4, -0.2) is 28.9 Å². The van der Waals surface area contributed by atoms with Crippen LogP contribution in [0, 0.1) is 5.92 Å². The number of aliphatic hydroxyl groups is 2. The second-order valence-electron chi connectivity index (χ2n) is 4.29. The summed E-state index contributed by atoms with van der Waals surface area (Å²) in [4.78, 5) is 11.2. The fraction of sp³-hybridized carbons (Fsp3) is 0.462. The van der Waals surface area contributed by atoms with E-state index in [9.17, 15) is 4.79 Å². The van der Waals surface area contributed by atoms with Crippen molar-refractivity contribution in [3.05, 3.63) is 29.8 Å². The van der Waals surface area contributed by atoms with Crippen LogP contribution in [0.4, 0.5) is 0 Å². The standard InChI is InChI=1S/C13H18O4/c1-9(2)7-8-17-11-5-3-10(4-6-11)12(14)13(15)16/h3-6,9,13,15-16H,7-8H2,1-2H3. The van der Waals surface area contributed by atoms with Gasteiger partial charge in [0.05, 0.1) is 6.61 Å². The second kappa shape index (κ2) is 6.37. The smallest absolute Gasteiger partial charge is 0.218 e. The van der Waals surface area contributed by atoms with Gasteiger partial charge in [-0.3, -0.25) is 4.79 Å². The van der Waals surface area contributed by atoms with E-state index in [1.807, 2.05) is 0 Å². The van der Waals surface area contributed by atoms with Crippen LogP contribution in [0.3, 0.4) is 0 Å². The minimum atomic E-state index is -1.96. The Balaban J connectivity index is 2.53. The van der Waals surface area contributed by atoms with E-state index in [1.165, 1.54) is 12.1 Å². The minimum Gasteiger partial charge on any atom is -0.494 e. The van der Waals surface area contributed by atoms with Crippen LogP contribution in [0.2, 0.25) is 0 Å². The van der Waals surface area contributed by atoms with Crippen LogP contribution in [-0.2, 0) is 0 Å². The molecule has 0 fully saturated rings. The number of hydrogen-bond acceptors (Lipinski definition) is 4. The molecular weight excluding hydrogens is 220 g/mol. The quantitative estimate of drug-likeness (QED) is 0.583. The van der Waals surface area contributed by atoms with Gasteiger partial charge in [0.1, 0.15) is 5.75 Å². The number of ketones is 1. The Labute approximate surface area is 101 Å². The highest BCUT2D eigenvalue weighted by molar-refractivity contribution is 5.98. The van der Waals surface area contributed by atoms with Crippen LogP contribution in [0.15, 0.2) is 24.3 Å². The fourth-order valence-corrected chi connectivity index (χ4v) is 1.28. The molecule has 17 heavy (non-hydrogen) atoms. The number of ether oxygens (including phenoxy) is 1. The summed E-state index contributed by atoms with van der Waals surface area (Å²) in [6.07, 6.45) is -0.988. The van der Waals surface area contributed by atoms with E-state index in [0.717, 1.165) is 6.42 Å². The highest BCUT2D eigenvalue weighted by Crippen LogP contribution is 2.14. The van der Waals surface area contributed by atoms with Crippen molar-refractivity contribution in [2.24, 2.45) is 5.92 Å². The molecule has 4 heteroatoms. The zero-order valence-electron chi connectivity index (χ0n) is 10.1. The van der Waals surface area contributed by atoms with Gasteiger partial charge in [0.25, 0.3) is 0 Å². The maximum atomic E-state index is 11.2. The predicted octanol–water partition coefficient (Wildman–Crippen LogP) is 1.60. The number of rotatable bonds is 6. The summed E-state index contributed by atoms with van der Waals surface area (Å²) in [6, 6.07) is 6.34. The SMILES string of the molecule is CC(C)CCOc1ccc(C(=O)C(O)O)cc1. The highest BCUT2D eigenvalue weighted by atomic mass is 16.5. The summed E-state index contributed by atoms with van der Waals surface area (Å²) >= 11 is 0. The molecule has 1 rings (SSSR count). The lowest BCUT2D eigenvalue weighted by Gasteiger charge is -2.08. The average molecular weight is 238 g/mol. The summed E-state index contributed by atoms with van der Waals surface area (Å²) in [6.45, 7) is 4.87. The first-order chi connectivity index (χ1) is 8.00. The molecule has 0 unspecified atom stereocenters. The molecule has 0 aliphatic carbocycles. The van der Waals surface area contributed by atoms with Crippen molar-refractivity contribution in [3.8, 4) is 5.75 Å². The Morgan fingerprint density at radius 3 is 2.29 bits per heavy atom. The molecule has 94 valence electrons. The Kier molecular flexibility index (Phi) is 5.12. The maximum Gasteiger partial charge on any atom is 0.218 e. The van der Waals surface area contributed by atoms with Gasteiger partial charge in [0.2, 0.25) is 12.1 Å². The monoisotopic (exact) mass is 238 g/mol. The van der Waals surface area contributed by atoms with Gasteiger partial charge in [-0.25, -0.2) is 0 Å². The molecule has 0 heterocycles. The predicted molar refractivity (Wildman–Crippen MR) is 63.9 cm³/mol. The number of aliphatic hydroxyl groups excluding tert-OH is 1. The van der Waals surface area contributed by atoms with E-state index in [-0.39, 0.29) is 5.56 Å². The summed E-state index contributed by atoms with van der Waals surface area (Å²) in [7, 11) is 0. The van der Waals surface area contributed by atoms with Crippen molar-refractivity contribution in [2.45, 2.75) is 26.6 Å². The Morgan fingerprint density at radius 2 is 1.82 bits per heavy atom. The molecule has 0 aliphatic rings. The van der Waals surface area contributed by atoms with Gasteiger partial charge in [0.15, 0.2) is 0 Å². The first-order valence-corrected chi connectivity index (χ1v) is 5.64. The van der Waals surface area contributed by atoms with Crippen molar-refractivity contribution in [3.63, 3.8) is 0 Å². The summed E-state index contributed by atoms with van der Waals surface area (Å²) in [5.41, 5.74) is 0.260. The van der Waals surface area contributed by atoms with E-state index in [1.54, 1.807) is 12.1 Å². The summed E-state index contributed by atoms with van der Waals surface area (Å²) < 4.78 is 5.48. The first kappa shape index (κ1) is 13.7. The topological polar surface area (TPSA) is 66.8 Å². The Bertz CT molecular complexity index is 354. The lowest BCUT2D eigenvalue weighted by molar-refractivity contribution is -0.0195. The normalized spacial score (nSPS) is 10.9. The van der Waals surface area contributed by atoms with Gasteiger partial charge in [-0.05, 0) is 36.6 Å². The lowest BCUT2D eigenvalue weighted by atomic mass is 10.1. The molecule has 0 spiro atoms. The molecule has 0 aromatic heterocycles. The number of benzene rings is 1. The van der Waals surface area contributed by atoms with Crippen molar-refractivity contribution in [2.75, 3.05) is 6.61 Å². The summed E-state index contributed by atoms with van der Waals surface area (Å²) in [5, 5.41) is 17.4. The van der Waals surface area contributed by atoms with Gasteiger partial charge in [-0.2, -0.15) is 0 Å². The van der Waals surface area contributed by atoms with Crippen LogP contribution in [0.1, 0.15) is 30.6 Å². The molecule has 2 N–H and O–H groups in total. The van der Waals surface area contributed by atoms with Gasteiger partial charge >= 0.3 is 0 Å². The van der Waals surface area contributed by atoms with Crippen molar-refractivity contribution < 1.29 is 19.7 Å². The van der Waals surface area contributed by atoms with E-state index in [0.29, 0.717) is 18.3 Å². The van der Waals surface area contributed by atoms with Crippen LogP contribution < -0.4 is 4.74 Å². The third-order valence-electron chi connectivity index (χ3n) is 2.34. The van der Waals surface area contributed by atoms with Crippen molar-refractivity contribution >= 4 is 5.78 Å². The molecule has 0 saturated heterocycles. The minimum absolute atomic E-state index is 0.260. The number of Topliss-reactive ketones (excluding diaryl/α,β-unsaturated/α-hetero) is 1. The Morgan fingerprint density at radius 1 is 1.24 bits per heavy atom. The van der Waals surface area contributed by atoms with E-state index < -0.39 is 12.1 Å². The van der Waals surface area contributed by atoms with Gasteiger partial charge < -0.3 is 14.9 Å². The molecule has 0 bridgehead atoms. The van der Waals surface area contributed by atoms with E-state index >= 15 is 0 Å². The Hall–Kier alpha value is -1.39. The highest BCUT2D eigenvalue weighted by Gasteiger charge is 2.13. The molecule has 0 amide bonds. The molecule has 0 aliphatic heterocycles. The van der Waals surface area contributed by atoms with Crippen LogP contribution >= 0.6 is 0 Å². The molecular formula is C13H18O4. The average Bonchev–Trinajstić information content (AvgIpc) is 2.28. The largest absolute Gasteiger partial charge is 0.494 e. The fourth-order valence-electron chi connectivity index (χ4n) is 1.28. The van der Waals surface area contributed by atoms with Crippen molar-refractivity contribution in [1.82, 2.24) is 0 Å². The third-order valence-corrected chi connectivity index (χ3v) is 2.34. The van der Waals surface area contributed by atoms with Crippen LogP contribution in [0.5, 0.6) is 5.75 Å². The molecule has 0 saturated carbocycles. The number of carbonyl (C=O) groups excluding carboxylic acids is 1. The van der Waals surface area contributed by atoms with Gasteiger partial charge in [-0.1, -0.05) is 13.8 Å². The van der Waals surface area contributed by atoms with Crippen molar-refractivity contribution in [1.29, 1.82) is 0 Å². The molecule has 1 aromatic rings. The van der Waals surface area contributed by atoms with E-state index in [4.69, 9.17) is 14.9 Å². The first-order valence-electron chi connectivity index (χ1n) is 5.64. The third kappa shape index (κ3) is 4.54. The zero-order valence-corrected chi connectivity index (χ0v) is 10.1. The molecule has 0 radical (unpaired) electrons. The number of hydrogen-bond donors (Lipinski definition) is 2. The second-order valence-corrected chi connectivity index (χ2v) is 4.29. The zero-order chi connectivity index (χ0) is 12.8. The van der Waals surface area contributed by atoms with Gasteiger partial charge in [-0.15, -0.1) is 0 Å². The lowest BCUT2D eigenvalue weighted by Crippen LogP contribution is -2.19. The maximum absolute atomic E-state index is 11.2. The van der Waals surface area contributed by atoms with E-state index in [2.05, 4.69) is 13.8 Å². The summed E-state index contributed by atoms with van der Waals surface area (Å²) in [5.74, 6) is 0.550. The molecule has 4 nitrogen and oxygen atoms in total. The molecule has 0 atom stereocenters. The molecule has 1 aromatic carbocycles. The van der Waals surface area contributed by atoms with Crippen LogP contribution in [0.25, 0.3) is 0 Å².